The molecule has 2 aromatic rings. The molecule has 6 heteroatoms. The van der Waals surface area contributed by atoms with Gasteiger partial charge in [0.15, 0.2) is 5.89 Å². The lowest BCUT2D eigenvalue weighted by Gasteiger charge is -2.17. The second-order valence-electron chi connectivity index (χ2n) is 7.87. The minimum atomic E-state index is 0.142. The summed E-state index contributed by atoms with van der Waals surface area (Å²) in [6, 6.07) is 2.03. The van der Waals surface area contributed by atoms with Crippen LogP contribution < -0.4 is 5.84 Å². The molecule has 0 radical (unpaired) electrons. The van der Waals surface area contributed by atoms with Crippen LogP contribution in [0.1, 0.15) is 82.4 Å². The molecule has 2 unspecified atom stereocenters. The Morgan fingerprint density at radius 3 is 2.56 bits per heavy atom. The Labute approximate surface area is 162 Å². The molecule has 2 N–H and O–H groups in total. The number of nitrogens with two attached hydrogens (primary N) is 1. The van der Waals surface area contributed by atoms with Crippen LogP contribution >= 0.6 is 0 Å². The predicted octanol–water partition coefficient (Wildman–Crippen LogP) is 4.80. The zero-order valence-corrected chi connectivity index (χ0v) is 17.5. The zero-order valence-electron chi connectivity index (χ0n) is 17.5. The summed E-state index contributed by atoms with van der Waals surface area (Å²) >= 11 is 0. The normalized spacial score (nSPS) is 14.6. The second kappa shape index (κ2) is 9.74. The highest BCUT2D eigenvalue weighted by molar-refractivity contribution is 5.12. The maximum atomic E-state index is 6.03. The molecule has 27 heavy (non-hydrogen) atoms. The first kappa shape index (κ1) is 21.2. The van der Waals surface area contributed by atoms with Crippen LogP contribution in [-0.4, -0.2) is 22.2 Å². The van der Waals surface area contributed by atoms with Gasteiger partial charge in [0.25, 0.3) is 0 Å². The van der Waals surface area contributed by atoms with Crippen molar-refractivity contribution >= 4 is 0 Å². The number of allylic oxidation sites excluding steroid dienone is 1. The summed E-state index contributed by atoms with van der Waals surface area (Å²) in [6.07, 6.45) is 7.54. The van der Waals surface area contributed by atoms with Crippen LogP contribution in [0.5, 0.6) is 0 Å². The third-order valence-electron chi connectivity index (χ3n) is 4.72. The standard InChI is InChI=1S/C21H34N4O2/c1-7-8-17(13-25(6)22)15(4)9-19-12-23-21(26-19)16(5)10-18-11-20(14(2)3)24-27-18/h11-16H,7-10,22H2,1-6H3/b17-13+. The van der Waals surface area contributed by atoms with Crippen LogP contribution in [0.25, 0.3) is 0 Å². The second-order valence-corrected chi connectivity index (χ2v) is 7.87. The molecule has 2 aromatic heterocycles. The predicted molar refractivity (Wildman–Crippen MR) is 107 cm³/mol. The third kappa shape index (κ3) is 6.24. The maximum absolute atomic E-state index is 6.03. The van der Waals surface area contributed by atoms with E-state index in [1.54, 1.807) is 5.01 Å². The molecule has 0 aromatic carbocycles. The van der Waals surface area contributed by atoms with E-state index in [0.29, 0.717) is 11.8 Å². The molecule has 0 aliphatic carbocycles. The Balaban J connectivity index is 2.00. The van der Waals surface area contributed by atoms with E-state index in [-0.39, 0.29) is 5.92 Å². The molecule has 0 spiro atoms. The molecule has 0 aliphatic heterocycles. The summed E-state index contributed by atoms with van der Waals surface area (Å²) in [7, 11) is 1.85. The smallest absolute Gasteiger partial charge is 0.197 e. The van der Waals surface area contributed by atoms with Gasteiger partial charge >= 0.3 is 0 Å². The summed E-state index contributed by atoms with van der Waals surface area (Å²) in [5.41, 5.74) is 2.32. The van der Waals surface area contributed by atoms with Crippen LogP contribution in [0.2, 0.25) is 0 Å². The molecule has 2 rings (SSSR count). The highest BCUT2D eigenvalue weighted by Crippen LogP contribution is 2.25. The minimum Gasteiger partial charge on any atom is -0.445 e. The van der Waals surface area contributed by atoms with Crippen LogP contribution in [0.4, 0.5) is 0 Å². The molecule has 2 heterocycles. The Morgan fingerprint density at radius 1 is 1.22 bits per heavy atom. The zero-order chi connectivity index (χ0) is 20.0. The van der Waals surface area contributed by atoms with Crippen molar-refractivity contribution in [2.24, 2.45) is 11.8 Å². The first-order chi connectivity index (χ1) is 12.8. The number of oxazole rings is 1. The van der Waals surface area contributed by atoms with E-state index >= 15 is 0 Å². The fourth-order valence-electron chi connectivity index (χ4n) is 3.15. The van der Waals surface area contributed by atoms with E-state index in [2.05, 4.69) is 44.8 Å². The molecule has 0 aliphatic rings. The summed E-state index contributed by atoms with van der Waals surface area (Å²) in [6.45, 7) is 10.7. The number of hydrazine groups is 1. The van der Waals surface area contributed by atoms with Gasteiger partial charge in [-0.05, 0) is 23.8 Å². The van der Waals surface area contributed by atoms with E-state index < -0.39 is 0 Å². The lowest BCUT2D eigenvalue weighted by Crippen LogP contribution is -2.21. The molecule has 0 saturated carbocycles. The highest BCUT2D eigenvalue weighted by atomic mass is 16.5. The number of rotatable bonds is 10. The molecule has 6 nitrogen and oxygen atoms in total. The van der Waals surface area contributed by atoms with Crippen LogP contribution in [-0.2, 0) is 12.8 Å². The highest BCUT2D eigenvalue weighted by Gasteiger charge is 2.18. The average Bonchev–Trinajstić information content (AvgIpc) is 3.23. The largest absolute Gasteiger partial charge is 0.445 e. The van der Waals surface area contributed by atoms with Crippen LogP contribution in [0, 0.1) is 5.92 Å². The lowest BCUT2D eigenvalue weighted by atomic mass is 9.94. The van der Waals surface area contributed by atoms with Crippen LogP contribution in [0.3, 0.4) is 0 Å². The van der Waals surface area contributed by atoms with Gasteiger partial charge in [-0.25, -0.2) is 10.8 Å². The quantitative estimate of drug-likeness (QED) is 0.475. The monoisotopic (exact) mass is 374 g/mol. The molecule has 0 bridgehead atoms. The van der Waals surface area contributed by atoms with Crippen molar-refractivity contribution in [1.82, 2.24) is 15.1 Å². The molecule has 0 amide bonds. The van der Waals surface area contributed by atoms with Gasteiger partial charge in [0.05, 0.1) is 11.9 Å². The average molecular weight is 375 g/mol. The maximum Gasteiger partial charge on any atom is 0.197 e. The summed E-state index contributed by atoms with van der Waals surface area (Å²) < 4.78 is 11.5. The fraction of sp³-hybridized carbons (Fsp3) is 0.619. The van der Waals surface area contributed by atoms with Gasteiger partial charge in [0.2, 0.25) is 0 Å². The third-order valence-corrected chi connectivity index (χ3v) is 4.72. The molecule has 150 valence electrons. The van der Waals surface area contributed by atoms with Crippen molar-refractivity contribution in [3.8, 4) is 0 Å². The summed E-state index contributed by atoms with van der Waals surface area (Å²) in [4.78, 5) is 4.49. The molecule has 2 atom stereocenters. The Bertz CT molecular complexity index is 730. The van der Waals surface area contributed by atoms with Crippen molar-refractivity contribution in [2.45, 2.75) is 72.1 Å². The summed E-state index contributed by atoms with van der Waals surface area (Å²) in [5.74, 6) is 9.19. The summed E-state index contributed by atoms with van der Waals surface area (Å²) in [5, 5.41) is 5.74. The van der Waals surface area contributed by atoms with Gasteiger partial charge in [0, 0.05) is 38.1 Å². The van der Waals surface area contributed by atoms with Crippen molar-refractivity contribution in [3.63, 3.8) is 0 Å². The van der Waals surface area contributed by atoms with Gasteiger partial charge in [-0.15, -0.1) is 0 Å². The van der Waals surface area contributed by atoms with Crippen molar-refractivity contribution in [3.05, 3.63) is 47.1 Å². The van der Waals surface area contributed by atoms with E-state index in [1.165, 1.54) is 5.57 Å². The first-order valence-electron chi connectivity index (χ1n) is 9.88. The van der Waals surface area contributed by atoms with Crippen molar-refractivity contribution in [1.29, 1.82) is 0 Å². The van der Waals surface area contributed by atoms with Gasteiger partial charge < -0.3 is 13.9 Å². The van der Waals surface area contributed by atoms with Gasteiger partial charge in [-0.2, -0.15) is 0 Å². The number of hydrogen-bond donors (Lipinski definition) is 1. The van der Waals surface area contributed by atoms with Gasteiger partial charge in [-0.1, -0.05) is 46.2 Å². The molecular weight excluding hydrogens is 340 g/mol. The number of aromatic nitrogens is 2. The molecular formula is C21H34N4O2. The van der Waals surface area contributed by atoms with E-state index in [9.17, 15) is 0 Å². The van der Waals surface area contributed by atoms with Crippen LogP contribution in [0.15, 0.2) is 33.0 Å². The van der Waals surface area contributed by atoms with E-state index in [0.717, 1.165) is 48.8 Å². The number of nitrogens with zero attached hydrogens (tertiary/aromatic N) is 3. The fourth-order valence-corrected chi connectivity index (χ4v) is 3.15. The lowest BCUT2D eigenvalue weighted by molar-refractivity contribution is 0.353. The molecule has 0 saturated heterocycles. The Hall–Kier alpha value is -2.08. The van der Waals surface area contributed by atoms with Gasteiger partial charge in [0.1, 0.15) is 11.5 Å². The van der Waals surface area contributed by atoms with E-state index in [4.69, 9.17) is 14.8 Å². The van der Waals surface area contributed by atoms with Crippen molar-refractivity contribution in [2.75, 3.05) is 7.05 Å². The first-order valence-corrected chi connectivity index (χ1v) is 9.88. The molecule has 0 fully saturated rings. The Morgan fingerprint density at radius 2 is 1.96 bits per heavy atom. The topological polar surface area (TPSA) is 81.3 Å². The van der Waals surface area contributed by atoms with E-state index in [1.807, 2.05) is 25.5 Å². The number of hydrogen-bond acceptors (Lipinski definition) is 6. The minimum absolute atomic E-state index is 0.142. The SMILES string of the molecule is CCC/C(=C\N(C)N)C(C)Cc1cnc(C(C)Cc2cc(C(C)C)no2)o1. The van der Waals surface area contributed by atoms with Crippen molar-refractivity contribution < 1.29 is 8.94 Å². The Kier molecular flexibility index (Phi) is 7.66. The van der Waals surface area contributed by atoms with Gasteiger partial charge in [-0.3, -0.25) is 0 Å².